The predicted molar refractivity (Wildman–Crippen MR) is 93.8 cm³/mol. The van der Waals surface area contributed by atoms with Crippen molar-refractivity contribution in [3.05, 3.63) is 47.7 Å². The fraction of sp³-hybridized carbons (Fsp3) is 0.421. The maximum Gasteiger partial charge on any atom is 0.238 e. The number of piperidine rings is 1. The Kier molecular flexibility index (Phi) is 5.20. The van der Waals surface area contributed by atoms with Crippen molar-refractivity contribution in [2.24, 2.45) is 0 Å². The zero-order valence-corrected chi connectivity index (χ0v) is 14.2. The van der Waals surface area contributed by atoms with Crippen molar-refractivity contribution in [3.63, 3.8) is 0 Å². The third kappa shape index (κ3) is 3.79. The molecular weight excluding hydrogens is 304 g/mol. The molecule has 0 radical (unpaired) electrons. The fourth-order valence-electron chi connectivity index (χ4n) is 2.98. The summed E-state index contributed by atoms with van der Waals surface area (Å²) in [6.07, 6.45) is 3.15. The Morgan fingerprint density at radius 1 is 1.17 bits per heavy atom. The Labute approximate surface area is 142 Å². The van der Waals surface area contributed by atoms with Gasteiger partial charge in [-0.3, -0.25) is 0 Å². The first-order chi connectivity index (χ1) is 11.7. The normalized spacial score (nSPS) is 15.4. The van der Waals surface area contributed by atoms with Gasteiger partial charge in [-0.05, 0) is 49.1 Å². The number of pyridine rings is 1. The van der Waals surface area contributed by atoms with E-state index in [4.69, 9.17) is 9.47 Å². The molecule has 1 N–H and O–H groups in total. The van der Waals surface area contributed by atoms with E-state index in [2.05, 4.69) is 16.8 Å². The molecule has 128 valence electrons. The molecule has 1 aliphatic rings. The lowest BCUT2D eigenvalue weighted by Crippen LogP contribution is -2.36. The molecule has 0 aliphatic carbocycles. The lowest BCUT2D eigenvalue weighted by molar-refractivity contribution is 0.145. The van der Waals surface area contributed by atoms with Crippen LogP contribution in [0.25, 0.3) is 0 Å². The Morgan fingerprint density at radius 3 is 2.54 bits per heavy atom. The van der Waals surface area contributed by atoms with Crippen LogP contribution in [0.5, 0.6) is 11.6 Å². The lowest BCUT2D eigenvalue weighted by Gasteiger charge is -2.33. The van der Waals surface area contributed by atoms with E-state index in [1.54, 1.807) is 13.3 Å². The van der Waals surface area contributed by atoms with E-state index in [9.17, 15) is 5.11 Å². The average Bonchev–Trinajstić information content (AvgIpc) is 2.61. The second-order valence-electron chi connectivity index (χ2n) is 6.14. The van der Waals surface area contributed by atoms with Gasteiger partial charge in [-0.2, -0.15) is 0 Å². The van der Waals surface area contributed by atoms with Gasteiger partial charge in [0.1, 0.15) is 18.0 Å². The number of aliphatic hydroxyl groups is 1. The van der Waals surface area contributed by atoms with Gasteiger partial charge in [0.25, 0.3) is 0 Å². The van der Waals surface area contributed by atoms with Gasteiger partial charge < -0.3 is 19.5 Å². The lowest BCUT2D eigenvalue weighted by atomic mass is 10.1. The Hall–Kier alpha value is -2.27. The molecule has 1 saturated heterocycles. The molecule has 1 fully saturated rings. The molecule has 5 heteroatoms. The summed E-state index contributed by atoms with van der Waals surface area (Å²) >= 11 is 0. The van der Waals surface area contributed by atoms with Crippen LogP contribution < -0.4 is 14.4 Å². The molecule has 1 aromatic heterocycles. The van der Waals surface area contributed by atoms with Crippen LogP contribution in [0.15, 0.2) is 36.5 Å². The maximum absolute atomic E-state index is 9.72. The van der Waals surface area contributed by atoms with Crippen molar-refractivity contribution >= 4 is 5.69 Å². The highest BCUT2D eigenvalue weighted by molar-refractivity contribution is 5.60. The Balaban J connectivity index is 1.74. The number of aryl methyl sites for hydroxylation is 1. The monoisotopic (exact) mass is 328 g/mol. The summed E-state index contributed by atoms with van der Waals surface area (Å²) in [7, 11) is 1.66. The number of aliphatic hydroxyl groups excluding tert-OH is 1. The highest BCUT2D eigenvalue weighted by Gasteiger charge is 2.22. The molecule has 2 aromatic rings. The summed E-state index contributed by atoms with van der Waals surface area (Å²) < 4.78 is 11.2. The summed E-state index contributed by atoms with van der Waals surface area (Å²) in [6, 6.07) is 9.84. The van der Waals surface area contributed by atoms with Crippen LogP contribution in [0.3, 0.4) is 0 Å². The summed E-state index contributed by atoms with van der Waals surface area (Å²) in [5, 5.41) is 9.72. The summed E-state index contributed by atoms with van der Waals surface area (Å²) in [6.45, 7) is 4.19. The molecule has 2 heterocycles. The first-order valence-corrected chi connectivity index (χ1v) is 8.31. The zero-order valence-electron chi connectivity index (χ0n) is 14.2. The number of benzene rings is 1. The SMILES string of the molecule is COc1ccc(COc2nccc(C)c2N2CCC(O)CC2)cc1. The third-order valence-corrected chi connectivity index (χ3v) is 4.41. The van der Waals surface area contributed by atoms with E-state index in [0.29, 0.717) is 12.5 Å². The van der Waals surface area contributed by atoms with Crippen LogP contribution in [0.4, 0.5) is 5.69 Å². The molecule has 5 nitrogen and oxygen atoms in total. The Bertz CT molecular complexity index is 665. The van der Waals surface area contributed by atoms with Crippen LogP contribution in [-0.2, 0) is 6.61 Å². The molecule has 0 unspecified atom stereocenters. The smallest absolute Gasteiger partial charge is 0.238 e. The third-order valence-electron chi connectivity index (χ3n) is 4.41. The van der Waals surface area contributed by atoms with E-state index in [1.165, 1.54) is 0 Å². The van der Waals surface area contributed by atoms with E-state index < -0.39 is 0 Å². The number of aromatic nitrogens is 1. The highest BCUT2D eigenvalue weighted by atomic mass is 16.5. The van der Waals surface area contributed by atoms with Gasteiger partial charge in [0, 0.05) is 19.3 Å². The zero-order chi connectivity index (χ0) is 16.9. The largest absolute Gasteiger partial charge is 0.497 e. The summed E-state index contributed by atoms with van der Waals surface area (Å²) in [5.74, 6) is 1.49. The minimum absolute atomic E-state index is 0.193. The quantitative estimate of drug-likeness (QED) is 0.914. The van der Waals surface area contributed by atoms with Gasteiger partial charge in [-0.25, -0.2) is 4.98 Å². The van der Waals surface area contributed by atoms with Crippen molar-refractivity contribution in [2.45, 2.75) is 32.5 Å². The second-order valence-corrected chi connectivity index (χ2v) is 6.14. The first kappa shape index (κ1) is 16.6. The van der Waals surface area contributed by atoms with Crippen molar-refractivity contribution in [1.29, 1.82) is 0 Å². The number of ether oxygens (including phenoxy) is 2. The first-order valence-electron chi connectivity index (χ1n) is 8.31. The van der Waals surface area contributed by atoms with Crippen LogP contribution in [0.1, 0.15) is 24.0 Å². The standard InChI is InChI=1S/C19H24N2O3/c1-14-7-10-20-19(18(14)21-11-8-16(22)9-12-21)24-13-15-3-5-17(23-2)6-4-15/h3-7,10,16,22H,8-9,11-13H2,1-2H3. The number of rotatable bonds is 5. The fourth-order valence-corrected chi connectivity index (χ4v) is 2.98. The minimum Gasteiger partial charge on any atom is -0.497 e. The summed E-state index contributed by atoms with van der Waals surface area (Å²) in [5.41, 5.74) is 3.25. The predicted octanol–water partition coefficient (Wildman–Crippen LogP) is 2.94. The van der Waals surface area contributed by atoms with Gasteiger partial charge in [0.15, 0.2) is 0 Å². The minimum atomic E-state index is -0.193. The van der Waals surface area contributed by atoms with Crippen molar-refractivity contribution in [1.82, 2.24) is 4.98 Å². The van der Waals surface area contributed by atoms with E-state index in [1.807, 2.05) is 30.3 Å². The van der Waals surface area contributed by atoms with Crippen LogP contribution in [0.2, 0.25) is 0 Å². The molecule has 3 rings (SSSR count). The molecule has 0 spiro atoms. The molecule has 0 bridgehead atoms. The highest BCUT2D eigenvalue weighted by Crippen LogP contribution is 2.32. The molecule has 0 saturated carbocycles. The molecule has 1 aliphatic heterocycles. The number of hydrogen-bond acceptors (Lipinski definition) is 5. The van der Waals surface area contributed by atoms with Gasteiger partial charge >= 0.3 is 0 Å². The number of nitrogens with zero attached hydrogens (tertiary/aromatic N) is 2. The van der Waals surface area contributed by atoms with Gasteiger partial charge in [-0.15, -0.1) is 0 Å². The van der Waals surface area contributed by atoms with Crippen LogP contribution in [-0.4, -0.2) is 36.4 Å². The van der Waals surface area contributed by atoms with E-state index in [-0.39, 0.29) is 6.10 Å². The topological polar surface area (TPSA) is 54.8 Å². The average molecular weight is 328 g/mol. The second kappa shape index (κ2) is 7.53. The van der Waals surface area contributed by atoms with E-state index in [0.717, 1.165) is 48.5 Å². The van der Waals surface area contributed by atoms with Gasteiger partial charge in [0.05, 0.1) is 13.2 Å². The number of hydrogen-bond donors (Lipinski definition) is 1. The van der Waals surface area contributed by atoms with Crippen LogP contribution in [0, 0.1) is 6.92 Å². The molecule has 1 aromatic carbocycles. The number of anilines is 1. The Morgan fingerprint density at radius 2 is 1.88 bits per heavy atom. The van der Waals surface area contributed by atoms with Gasteiger partial charge in [-0.1, -0.05) is 12.1 Å². The number of methoxy groups -OCH3 is 1. The van der Waals surface area contributed by atoms with E-state index >= 15 is 0 Å². The molecule has 0 atom stereocenters. The summed E-state index contributed by atoms with van der Waals surface area (Å²) in [4.78, 5) is 6.69. The molecule has 0 amide bonds. The van der Waals surface area contributed by atoms with Crippen molar-refractivity contribution in [3.8, 4) is 11.6 Å². The molecule has 24 heavy (non-hydrogen) atoms. The van der Waals surface area contributed by atoms with Crippen molar-refractivity contribution < 1.29 is 14.6 Å². The van der Waals surface area contributed by atoms with Gasteiger partial charge in [0.2, 0.25) is 5.88 Å². The maximum atomic E-state index is 9.72. The molecular formula is C19H24N2O3. The van der Waals surface area contributed by atoms with Crippen LogP contribution >= 0.6 is 0 Å². The van der Waals surface area contributed by atoms with Crippen molar-refractivity contribution in [2.75, 3.05) is 25.1 Å².